The molecule has 132 valence electrons. The lowest BCUT2D eigenvalue weighted by Gasteiger charge is -2.36. The predicted molar refractivity (Wildman–Crippen MR) is 118 cm³/mol. The Morgan fingerprint density at radius 2 is 1.71 bits per heavy atom. The van der Waals surface area contributed by atoms with E-state index in [0.29, 0.717) is 23.0 Å². The van der Waals surface area contributed by atoms with Gasteiger partial charge >= 0.3 is 0 Å². The molecular formula is C26H17NS. The highest BCUT2D eigenvalue weighted by atomic mass is 32.2. The third kappa shape index (κ3) is 1.85. The zero-order valence-electron chi connectivity index (χ0n) is 15.1. The standard InChI is InChI=1S/C26H17NS/c1-3-7-21-20(6-1)25-18-11-9-15-10-12-19-16-5-2-4-8-23(16)28-26(19)24(15)17(18)13-14-22(25)27-21/h1-9,11,13-15,19,24,26-27H. The first kappa shape index (κ1) is 15.1. The van der Waals surface area contributed by atoms with Gasteiger partial charge < -0.3 is 4.98 Å². The van der Waals surface area contributed by atoms with Gasteiger partial charge in [-0.1, -0.05) is 66.5 Å². The summed E-state index contributed by atoms with van der Waals surface area (Å²) in [7, 11) is 0. The molecule has 4 unspecified atom stereocenters. The number of hydrogen-bond acceptors (Lipinski definition) is 1. The second-order valence-corrected chi connectivity index (χ2v) is 9.18. The Labute approximate surface area is 167 Å². The highest BCUT2D eigenvalue weighted by Gasteiger charge is 2.44. The van der Waals surface area contributed by atoms with Gasteiger partial charge in [0.1, 0.15) is 0 Å². The van der Waals surface area contributed by atoms with Crippen molar-refractivity contribution in [1.82, 2.24) is 4.98 Å². The van der Waals surface area contributed by atoms with Crippen LogP contribution in [0, 0.1) is 17.8 Å². The highest BCUT2D eigenvalue weighted by molar-refractivity contribution is 8.00. The largest absolute Gasteiger partial charge is 0.354 e. The minimum absolute atomic E-state index is 0.318. The van der Waals surface area contributed by atoms with Crippen LogP contribution in [-0.4, -0.2) is 10.2 Å². The number of aromatic amines is 1. The van der Waals surface area contributed by atoms with Crippen molar-refractivity contribution in [2.45, 2.75) is 22.0 Å². The topological polar surface area (TPSA) is 15.8 Å². The average molecular weight is 375 g/mol. The Morgan fingerprint density at radius 1 is 0.821 bits per heavy atom. The molecular weight excluding hydrogens is 358 g/mol. The summed E-state index contributed by atoms with van der Waals surface area (Å²) in [5.74, 6) is 8.31. The number of rotatable bonds is 0. The fourth-order valence-electron chi connectivity index (χ4n) is 5.35. The SMILES string of the molecule is C1#CC2c3ccccc3SC2C2c3ccc4[nH]c5ccccc5c4c3C=CC12. The quantitative estimate of drug-likeness (QED) is 0.355. The van der Waals surface area contributed by atoms with Crippen LogP contribution >= 0.6 is 11.8 Å². The van der Waals surface area contributed by atoms with E-state index in [2.05, 4.69) is 89.6 Å². The molecule has 1 N–H and O–H groups in total. The molecule has 0 fully saturated rings. The molecule has 7 rings (SSSR count). The zero-order valence-corrected chi connectivity index (χ0v) is 16.0. The third-order valence-electron chi connectivity index (χ3n) is 6.57. The van der Waals surface area contributed by atoms with Crippen LogP contribution in [0.15, 0.2) is 71.6 Å². The maximum Gasteiger partial charge on any atom is 0.0592 e. The molecule has 2 heterocycles. The molecule has 0 saturated carbocycles. The lowest BCUT2D eigenvalue weighted by atomic mass is 9.70. The van der Waals surface area contributed by atoms with E-state index >= 15 is 0 Å². The van der Waals surface area contributed by atoms with Crippen molar-refractivity contribution >= 4 is 39.6 Å². The summed E-state index contributed by atoms with van der Waals surface area (Å²) >= 11 is 2.04. The first-order chi connectivity index (χ1) is 13.9. The maximum absolute atomic E-state index is 3.60. The number of para-hydroxylation sites is 1. The van der Waals surface area contributed by atoms with Crippen molar-refractivity contribution in [1.29, 1.82) is 0 Å². The van der Waals surface area contributed by atoms with E-state index in [4.69, 9.17) is 0 Å². The van der Waals surface area contributed by atoms with E-state index in [1.165, 1.54) is 43.4 Å². The van der Waals surface area contributed by atoms with Crippen LogP contribution in [0.1, 0.15) is 28.5 Å². The van der Waals surface area contributed by atoms with Crippen molar-refractivity contribution in [3.8, 4) is 11.8 Å². The molecule has 0 radical (unpaired) electrons. The number of benzene rings is 3. The molecule has 0 amide bonds. The Bertz CT molecular complexity index is 1380. The van der Waals surface area contributed by atoms with Crippen molar-refractivity contribution in [2.75, 3.05) is 0 Å². The van der Waals surface area contributed by atoms with Gasteiger partial charge in [0.2, 0.25) is 0 Å². The third-order valence-corrected chi connectivity index (χ3v) is 8.03. The number of thioether (sulfide) groups is 1. The first-order valence-electron chi connectivity index (χ1n) is 9.87. The number of allylic oxidation sites excluding steroid dienone is 1. The van der Waals surface area contributed by atoms with Crippen LogP contribution in [0.4, 0.5) is 0 Å². The molecule has 2 heteroatoms. The molecule has 3 aliphatic rings. The van der Waals surface area contributed by atoms with E-state index in [1.807, 2.05) is 11.8 Å². The number of hydrogen-bond donors (Lipinski definition) is 1. The van der Waals surface area contributed by atoms with E-state index in [9.17, 15) is 0 Å². The van der Waals surface area contributed by atoms with Crippen LogP contribution in [0.5, 0.6) is 0 Å². The summed E-state index contributed by atoms with van der Waals surface area (Å²) in [4.78, 5) is 5.01. The Balaban J connectivity index is 1.47. The molecule has 0 bridgehead atoms. The van der Waals surface area contributed by atoms with Crippen molar-refractivity contribution < 1.29 is 0 Å². The monoisotopic (exact) mass is 375 g/mol. The molecule has 0 saturated heterocycles. The maximum atomic E-state index is 3.60. The minimum Gasteiger partial charge on any atom is -0.354 e. The lowest BCUT2D eigenvalue weighted by molar-refractivity contribution is 0.538. The first-order valence-corrected chi connectivity index (χ1v) is 10.7. The summed E-state index contributed by atoms with van der Waals surface area (Å²) in [5.41, 5.74) is 6.71. The smallest absolute Gasteiger partial charge is 0.0592 e. The van der Waals surface area contributed by atoms with E-state index < -0.39 is 0 Å². The summed E-state index contributed by atoms with van der Waals surface area (Å²) in [5, 5.41) is 3.17. The van der Waals surface area contributed by atoms with Crippen LogP contribution in [0.2, 0.25) is 0 Å². The molecule has 1 aliphatic heterocycles. The van der Waals surface area contributed by atoms with E-state index in [1.54, 1.807) is 0 Å². The van der Waals surface area contributed by atoms with Gasteiger partial charge in [-0.2, -0.15) is 0 Å². The molecule has 4 aromatic rings. The molecule has 3 aromatic carbocycles. The number of nitrogens with one attached hydrogen (secondary N) is 1. The molecule has 4 atom stereocenters. The Kier molecular flexibility index (Phi) is 2.88. The average Bonchev–Trinajstić information content (AvgIpc) is 3.31. The van der Waals surface area contributed by atoms with Crippen molar-refractivity contribution in [3.63, 3.8) is 0 Å². The van der Waals surface area contributed by atoms with Gasteiger partial charge in [-0.05, 0) is 34.9 Å². The summed E-state index contributed by atoms with van der Waals surface area (Å²) in [6.07, 6.45) is 4.67. The molecule has 2 aliphatic carbocycles. The van der Waals surface area contributed by atoms with Crippen LogP contribution < -0.4 is 0 Å². The molecule has 28 heavy (non-hydrogen) atoms. The van der Waals surface area contributed by atoms with Gasteiger partial charge in [0.25, 0.3) is 0 Å². The predicted octanol–water partition coefficient (Wildman–Crippen LogP) is 6.32. The second kappa shape index (κ2) is 5.34. The van der Waals surface area contributed by atoms with Crippen molar-refractivity contribution in [2.24, 2.45) is 5.92 Å². The zero-order chi connectivity index (χ0) is 18.2. The van der Waals surface area contributed by atoms with Crippen LogP contribution in [0.25, 0.3) is 27.9 Å². The number of H-pyrrole nitrogens is 1. The van der Waals surface area contributed by atoms with E-state index in [-0.39, 0.29) is 0 Å². The van der Waals surface area contributed by atoms with Crippen molar-refractivity contribution in [3.05, 3.63) is 83.4 Å². The highest BCUT2D eigenvalue weighted by Crippen LogP contribution is 2.56. The summed E-state index contributed by atoms with van der Waals surface area (Å²) in [6.45, 7) is 0. The second-order valence-electron chi connectivity index (χ2n) is 7.96. The Morgan fingerprint density at radius 3 is 2.71 bits per heavy atom. The molecule has 0 spiro atoms. The fraction of sp³-hybridized carbons (Fsp3) is 0.154. The van der Waals surface area contributed by atoms with E-state index in [0.717, 1.165) is 0 Å². The van der Waals surface area contributed by atoms with Gasteiger partial charge in [-0.15, -0.1) is 11.8 Å². The van der Waals surface area contributed by atoms with Crippen LogP contribution in [0.3, 0.4) is 0 Å². The number of aromatic nitrogens is 1. The van der Waals surface area contributed by atoms with Gasteiger partial charge in [-0.25, -0.2) is 0 Å². The summed E-state index contributed by atoms with van der Waals surface area (Å²) < 4.78 is 0. The van der Waals surface area contributed by atoms with Crippen LogP contribution in [-0.2, 0) is 0 Å². The summed E-state index contributed by atoms with van der Waals surface area (Å²) in [6, 6.07) is 22.1. The normalized spacial score (nSPS) is 26.3. The molecule has 1 nitrogen and oxygen atoms in total. The van der Waals surface area contributed by atoms with Gasteiger partial charge in [0, 0.05) is 43.8 Å². The fourth-order valence-corrected chi connectivity index (χ4v) is 6.95. The van der Waals surface area contributed by atoms with Gasteiger partial charge in [0.05, 0.1) is 5.92 Å². The lowest BCUT2D eigenvalue weighted by Crippen LogP contribution is -2.30. The molecule has 1 aromatic heterocycles. The minimum atomic E-state index is 0.318. The Hall–Kier alpha value is -2.89. The van der Waals surface area contributed by atoms with Gasteiger partial charge in [-0.3, -0.25) is 0 Å². The van der Waals surface area contributed by atoms with Gasteiger partial charge in [0.15, 0.2) is 0 Å². The number of fused-ring (bicyclic) bond motifs is 11.